The van der Waals surface area contributed by atoms with Crippen LogP contribution in [0.15, 0.2) is 18.5 Å². The molecule has 9 heteroatoms. The van der Waals surface area contributed by atoms with Crippen LogP contribution in [0.25, 0.3) is 22.3 Å². The van der Waals surface area contributed by atoms with Gasteiger partial charge in [-0.15, -0.1) is 0 Å². The molecule has 2 N–H and O–H groups in total. The second kappa shape index (κ2) is 6.20. The standard InChI is InChI=1S/C19H17ClF2N6/c20-12-11(21)3-2-10(13(12)22)14-15-16(17(23)25-9-24-15)27-18(26-14)28-7-6-19(8-28)4-1-5-19/h2-3,9H,1,4-8H2,(H2,23,24,25). The van der Waals surface area contributed by atoms with E-state index in [9.17, 15) is 8.78 Å². The number of benzene rings is 1. The molecule has 144 valence electrons. The molecule has 2 aliphatic rings. The van der Waals surface area contributed by atoms with E-state index >= 15 is 0 Å². The molecule has 1 aliphatic carbocycles. The molecule has 0 atom stereocenters. The summed E-state index contributed by atoms with van der Waals surface area (Å²) in [6.07, 6.45) is 6.01. The van der Waals surface area contributed by atoms with Crippen LogP contribution < -0.4 is 10.6 Å². The van der Waals surface area contributed by atoms with E-state index in [1.165, 1.54) is 31.7 Å². The smallest absolute Gasteiger partial charge is 0.226 e. The number of hydrogen-bond acceptors (Lipinski definition) is 6. The molecule has 1 aromatic carbocycles. The number of nitrogens with two attached hydrogens (primary N) is 1. The lowest BCUT2D eigenvalue weighted by molar-refractivity contribution is 0.165. The van der Waals surface area contributed by atoms with Crippen LogP contribution in [0.3, 0.4) is 0 Å². The Morgan fingerprint density at radius 1 is 1.07 bits per heavy atom. The number of nitrogens with zero attached hydrogens (tertiary/aromatic N) is 5. The second-order valence-electron chi connectivity index (χ2n) is 7.58. The van der Waals surface area contributed by atoms with Gasteiger partial charge in [-0.1, -0.05) is 18.0 Å². The molecule has 0 radical (unpaired) electrons. The minimum absolute atomic E-state index is 0.0516. The molecule has 6 nitrogen and oxygen atoms in total. The number of anilines is 2. The molecule has 0 bridgehead atoms. The molecule has 28 heavy (non-hydrogen) atoms. The van der Waals surface area contributed by atoms with Crippen LogP contribution in [0.5, 0.6) is 0 Å². The highest BCUT2D eigenvalue weighted by Gasteiger charge is 2.43. The van der Waals surface area contributed by atoms with Gasteiger partial charge in [-0.25, -0.2) is 28.7 Å². The van der Waals surface area contributed by atoms with E-state index in [2.05, 4.69) is 24.8 Å². The van der Waals surface area contributed by atoms with E-state index in [1.807, 2.05) is 0 Å². The van der Waals surface area contributed by atoms with Gasteiger partial charge in [-0.3, -0.25) is 0 Å². The SMILES string of the molecule is Nc1ncnc2c(-c3ccc(F)c(Cl)c3F)nc(N3CCC4(CCC4)C3)nc12. The maximum Gasteiger partial charge on any atom is 0.226 e. The number of hydrogen-bond donors (Lipinski definition) is 1. The van der Waals surface area contributed by atoms with Crippen molar-refractivity contribution in [3.8, 4) is 11.3 Å². The van der Waals surface area contributed by atoms with Crippen LogP contribution >= 0.6 is 11.6 Å². The summed E-state index contributed by atoms with van der Waals surface area (Å²) in [5, 5.41) is -0.581. The quantitative estimate of drug-likeness (QED) is 0.653. The lowest BCUT2D eigenvalue weighted by atomic mass is 9.68. The lowest BCUT2D eigenvalue weighted by Gasteiger charge is -2.38. The van der Waals surface area contributed by atoms with Crippen molar-refractivity contribution in [1.82, 2.24) is 19.9 Å². The van der Waals surface area contributed by atoms with Gasteiger partial charge in [0.25, 0.3) is 0 Å². The van der Waals surface area contributed by atoms with Gasteiger partial charge in [0.2, 0.25) is 5.95 Å². The summed E-state index contributed by atoms with van der Waals surface area (Å²) in [5.41, 5.74) is 7.27. The van der Waals surface area contributed by atoms with Crippen molar-refractivity contribution in [1.29, 1.82) is 0 Å². The molecular weight excluding hydrogens is 386 g/mol. The zero-order chi connectivity index (χ0) is 19.5. The molecule has 1 aliphatic heterocycles. The Morgan fingerprint density at radius 2 is 1.89 bits per heavy atom. The number of rotatable bonds is 2. The fourth-order valence-corrected chi connectivity index (χ4v) is 4.35. The Kier molecular flexibility index (Phi) is 3.87. The zero-order valence-electron chi connectivity index (χ0n) is 14.9. The van der Waals surface area contributed by atoms with E-state index in [0.717, 1.165) is 25.6 Å². The average molecular weight is 403 g/mol. The molecule has 3 aromatic rings. The highest BCUT2D eigenvalue weighted by atomic mass is 35.5. The lowest BCUT2D eigenvalue weighted by Crippen LogP contribution is -2.33. The molecule has 2 fully saturated rings. The Balaban J connectivity index is 1.70. The van der Waals surface area contributed by atoms with Crippen molar-refractivity contribution in [2.45, 2.75) is 25.7 Å². The third kappa shape index (κ3) is 2.58. The van der Waals surface area contributed by atoms with Crippen molar-refractivity contribution in [3.63, 3.8) is 0 Å². The van der Waals surface area contributed by atoms with Crippen LogP contribution in [0, 0.1) is 17.0 Å². The number of halogens is 3. The fraction of sp³-hybridized carbons (Fsp3) is 0.368. The first kappa shape index (κ1) is 17.5. The molecule has 2 aromatic heterocycles. The van der Waals surface area contributed by atoms with Gasteiger partial charge in [0, 0.05) is 18.7 Å². The number of nitrogen functional groups attached to an aromatic ring is 1. The summed E-state index contributed by atoms with van der Waals surface area (Å²) in [7, 11) is 0. The zero-order valence-corrected chi connectivity index (χ0v) is 15.7. The van der Waals surface area contributed by atoms with E-state index in [-0.39, 0.29) is 17.1 Å². The largest absolute Gasteiger partial charge is 0.382 e. The van der Waals surface area contributed by atoms with Gasteiger partial charge in [0.05, 0.1) is 0 Å². The number of aromatic nitrogens is 4. The first-order valence-electron chi connectivity index (χ1n) is 9.14. The Labute approximate surface area is 164 Å². The predicted molar refractivity (Wildman–Crippen MR) is 103 cm³/mol. The van der Waals surface area contributed by atoms with Gasteiger partial charge in [0.1, 0.15) is 33.9 Å². The third-order valence-electron chi connectivity index (χ3n) is 5.92. The van der Waals surface area contributed by atoms with Gasteiger partial charge in [0.15, 0.2) is 11.6 Å². The van der Waals surface area contributed by atoms with E-state index in [1.54, 1.807) is 0 Å². The molecular formula is C19H17ClF2N6. The number of fused-ring (bicyclic) bond motifs is 1. The van der Waals surface area contributed by atoms with Gasteiger partial charge in [-0.2, -0.15) is 0 Å². The van der Waals surface area contributed by atoms with Gasteiger partial charge >= 0.3 is 0 Å². The molecule has 5 rings (SSSR count). The van der Waals surface area contributed by atoms with Gasteiger partial charge < -0.3 is 10.6 Å². The highest BCUT2D eigenvalue weighted by molar-refractivity contribution is 6.31. The molecule has 3 heterocycles. The summed E-state index contributed by atoms with van der Waals surface area (Å²) in [5.74, 6) is -1.09. The van der Waals surface area contributed by atoms with Crippen molar-refractivity contribution in [2.75, 3.05) is 23.7 Å². The monoisotopic (exact) mass is 402 g/mol. The Morgan fingerprint density at radius 3 is 2.61 bits per heavy atom. The third-order valence-corrected chi connectivity index (χ3v) is 6.27. The Bertz CT molecular complexity index is 1100. The minimum Gasteiger partial charge on any atom is -0.382 e. The maximum atomic E-state index is 14.8. The highest BCUT2D eigenvalue weighted by Crippen LogP contribution is 2.48. The van der Waals surface area contributed by atoms with Crippen LogP contribution in [0.2, 0.25) is 5.02 Å². The van der Waals surface area contributed by atoms with Crippen LogP contribution in [0.1, 0.15) is 25.7 Å². The van der Waals surface area contributed by atoms with Crippen molar-refractivity contribution in [2.24, 2.45) is 5.41 Å². The predicted octanol–water partition coefficient (Wildman–Crippen LogP) is 3.98. The second-order valence-corrected chi connectivity index (χ2v) is 7.95. The molecule has 0 amide bonds. The maximum absolute atomic E-state index is 14.8. The summed E-state index contributed by atoms with van der Waals surface area (Å²) in [6, 6.07) is 2.41. The molecule has 1 saturated carbocycles. The van der Waals surface area contributed by atoms with E-state index in [4.69, 9.17) is 17.3 Å². The van der Waals surface area contributed by atoms with Crippen molar-refractivity contribution in [3.05, 3.63) is 35.1 Å². The van der Waals surface area contributed by atoms with Crippen molar-refractivity contribution < 1.29 is 8.78 Å². The van der Waals surface area contributed by atoms with Crippen LogP contribution in [-0.2, 0) is 0 Å². The van der Waals surface area contributed by atoms with Gasteiger partial charge in [-0.05, 0) is 36.8 Å². The first-order chi connectivity index (χ1) is 13.5. The molecule has 0 unspecified atom stereocenters. The van der Waals surface area contributed by atoms with Crippen molar-refractivity contribution >= 4 is 34.4 Å². The van der Waals surface area contributed by atoms with E-state index in [0.29, 0.717) is 22.4 Å². The fourth-order valence-electron chi connectivity index (χ4n) is 4.18. The molecule has 1 spiro atoms. The molecule has 1 saturated heterocycles. The summed E-state index contributed by atoms with van der Waals surface area (Å²) >= 11 is 5.78. The summed E-state index contributed by atoms with van der Waals surface area (Å²) in [4.78, 5) is 19.5. The topological polar surface area (TPSA) is 80.8 Å². The average Bonchev–Trinajstić information content (AvgIpc) is 3.13. The van der Waals surface area contributed by atoms with Crippen LogP contribution in [-0.4, -0.2) is 33.0 Å². The Hall–Kier alpha value is -2.61. The first-order valence-corrected chi connectivity index (χ1v) is 9.52. The minimum atomic E-state index is -0.887. The summed E-state index contributed by atoms with van der Waals surface area (Å²) in [6.45, 7) is 1.68. The van der Waals surface area contributed by atoms with Crippen LogP contribution in [0.4, 0.5) is 20.5 Å². The van der Waals surface area contributed by atoms with E-state index < -0.39 is 16.7 Å². The normalized spacial score (nSPS) is 18.0. The summed E-state index contributed by atoms with van der Waals surface area (Å²) < 4.78 is 28.4.